The van der Waals surface area contributed by atoms with Crippen molar-refractivity contribution in [3.8, 4) is 0 Å². The predicted octanol–water partition coefficient (Wildman–Crippen LogP) is -1.41. The van der Waals surface area contributed by atoms with Crippen LogP contribution in [0.2, 0.25) is 0 Å². The first-order chi connectivity index (χ1) is 2.77. The molecule has 44 valence electrons. The van der Waals surface area contributed by atoms with Crippen LogP contribution in [0.3, 0.4) is 0 Å². The number of rotatable bonds is 2. The molecule has 0 aromatic heterocycles. The van der Waals surface area contributed by atoms with Crippen LogP contribution >= 0.6 is 0 Å². The van der Waals surface area contributed by atoms with E-state index in [1.54, 1.807) is 0 Å². The largest absolute Gasteiger partial charge is 1.00 e. The molecule has 0 aliphatic rings. The molecule has 0 unspecified atom stereocenters. The molecule has 0 spiro atoms. The maximum Gasteiger partial charge on any atom is 1.00 e. The zero-order chi connectivity index (χ0) is 4.99. The maximum atomic E-state index is 9.60. The summed E-state index contributed by atoms with van der Waals surface area (Å²) < 4.78 is 0. The second-order valence-corrected chi connectivity index (χ2v) is 1.14. The van der Waals surface area contributed by atoms with Crippen LogP contribution in [0.4, 0.5) is 0 Å². The van der Waals surface area contributed by atoms with E-state index in [1.807, 2.05) is 6.92 Å². The van der Waals surface area contributed by atoms with E-state index in [2.05, 4.69) is 0 Å². The Morgan fingerprint density at radius 2 is 2.00 bits per heavy atom. The van der Waals surface area contributed by atoms with Crippen molar-refractivity contribution in [1.82, 2.24) is 0 Å². The fourth-order valence-electron chi connectivity index (χ4n) is 0.214. The third-order valence-electron chi connectivity index (χ3n) is 0.464. The van der Waals surface area contributed by atoms with Gasteiger partial charge in [-0.15, -0.1) is 0 Å². The SMILES string of the molecule is CCCC(=O)O.[NH2-].[Na+]. The smallest absolute Gasteiger partial charge is 0.693 e. The Balaban J connectivity index is -0.000000125. The van der Waals surface area contributed by atoms with Gasteiger partial charge in [-0.25, -0.2) is 0 Å². The minimum Gasteiger partial charge on any atom is -0.693 e. The molecule has 4 heteroatoms. The fourth-order valence-corrected chi connectivity index (χ4v) is 0.214. The molecular formula is C4H10NNaO2. The Labute approximate surface area is 71.3 Å². The summed E-state index contributed by atoms with van der Waals surface area (Å²) in [5.74, 6) is -0.711. The molecule has 3 N–H and O–H groups in total. The Morgan fingerprint density at radius 1 is 1.62 bits per heavy atom. The van der Waals surface area contributed by atoms with E-state index in [-0.39, 0.29) is 35.7 Å². The molecule has 0 amide bonds. The van der Waals surface area contributed by atoms with Crippen LogP contribution in [0.15, 0.2) is 0 Å². The quantitative estimate of drug-likeness (QED) is 0.463. The van der Waals surface area contributed by atoms with E-state index in [0.717, 1.165) is 6.42 Å². The van der Waals surface area contributed by atoms with Crippen molar-refractivity contribution >= 4 is 5.97 Å². The van der Waals surface area contributed by atoms with Crippen LogP contribution in [0.1, 0.15) is 19.8 Å². The summed E-state index contributed by atoms with van der Waals surface area (Å²) in [7, 11) is 0. The van der Waals surface area contributed by atoms with Crippen LogP contribution in [0.5, 0.6) is 0 Å². The van der Waals surface area contributed by atoms with Gasteiger partial charge < -0.3 is 11.3 Å². The average molecular weight is 127 g/mol. The number of carboxylic acid groups (broad SMARTS) is 1. The van der Waals surface area contributed by atoms with E-state index < -0.39 is 5.97 Å². The van der Waals surface area contributed by atoms with Gasteiger partial charge in [-0.1, -0.05) is 6.92 Å². The van der Waals surface area contributed by atoms with Crippen LogP contribution in [-0.4, -0.2) is 11.1 Å². The van der Waals surface area contributed by atoms with Crippen molar-refractivity contribution < 1.29 is 39.5 Å². The van der Waals surface area contributed by atoms with Gasteiger partial charge in [0.2, 0.25) is 0 Å². The second-order valence-electron chi connectivity index (χ2n) is 1.14. The molecule has 0 bridgehead atoms. The van der Waals surface area contributed by atoms with Crippen molar-refractivity contribution in [2.24, 2.45) is 0 Å². The first-order valence-corrected chi connectivity index (χ1v) is 1.99. The minimum absolute atomic E-state index is 0. The number of hydrogen-bond donors (Lipinski definition) is 1. The normalized spacial score (nSPS) is 6.12. The molecular weight excluding hydrogens is 117 g/mol. The Hall–Kier alpha value is 0.430. The number of nitrogens with two attached hydrogens (primary N) is 1. The second kappa shape index (κ2) is 10.4. The molecule has 0 heterocycles. The van der Waals surface area contributed by atoms with Gasteiger partial charge in [0.1, 0.15) is 0 Å². The van der Waals surface area contributed by atoms with E-state index in [0.29, 0.717) is 6.42 Å². The number of hydrogen-bond acceptors (Lipinski definition) is 1. The summed E-state index contributed by atoms with van der Waals surface area (Å²) in [6, 6.07) is 0. The Morgan fingerprint density at radius 3 is 2.00 bits per heavy atom. The molecule has 0 aliphatic carbocycles. The summed E-state index contributed by atoms with van der Waals surface area (Å²) in [6.07, 6.45) is 1.02. The van der Waals surface area contributed by atoms with E-state index >= 15 is 0 Å². The molecule has 0 saturated heterocycles. The summed E-state index contributed by atoms with van der Waals surface area (Å²) >= 11 is 0. The van der Waals surface area contributed by atoms with Gasteiger partial charge in [0.25, 0.3) is 0 Å². The molecule has 0 rings (SSSR count). The standard InChI is InChI=1S/C4H8O2.H2N.Na/c1-2-3-4(5)6;;/h2-3H2,1H3,(H,5,6);1H2;/q;-1;+1. The van der Waals surface area contributed by atoms with Gasteiger partial charge in [0, 0.05) is 6.42 Å². The van der Waals surface area contributed by atoms with Crippen molar-refractivity contribution in [3.05, 3.63) is 6.15 Å². The van der Waals surface area contributed by atoms with E-state index in [9.17, 15) is 4.79 Å². The molecule has 3 nitrogen and oxygen atoms in total. The predicted molar refractivity (Wildman–Crippen MR) is 27.8 cm³/mol. The average Bonchev–Trinajstić information content (AvgIpc) is 1.35. The summed E-state index contributed by atoms with van der Waals surface area (Å²) in [5, 5.41) is 7.91. The first kappa shape index (κ1) is 15.8. The van der Waals surface area contributed by atoms with Gasteiger partial charge in [-0.05, 0) is 6.42 Å². The van der Waals surface area contributed by atoms with Crippen LogP contribution in [0.25, 0.3) is 6.15 Å². The number of carbonyl (C=O) groups is 1. The van der Waals surface area contributed by atoms with Gasteiger partial charge in [-0.2, -0.15) is 0 Å². The van der Waals surface area contributed by atoms with E-state index in [1.165, 1.54) is 0 Å². The molecule has 8 heavy (non-hydrogen) atoms. The third-order valence-corrected chi connectivity index (χ3v) is 0.464. The van der Waals surface area contributed by atoms with Gasteiger partial charge >= 0.3 is 35.5 Å². The monoisotopic (exact) mass is 127 g/mol. The molecule has 0 radical (unpaired) electrons. The summed E-state index contributed by atoms with van der Waals surface area (Å²) in [4.78, 5) is 9.60. The van der Waals surface area contributed by atoms with Crippen LogP contribution in [0, 0.1) is 0 Å². The number of carboxylic acids is 1. The van der Waals surface area contributed by atoms with Crippen molar-refractivity contribution in [2.45, 2.75) is 19.8 Å². The zero-order valence-corrected chi connectivity index (χ0v) is 7.35. The van der Waals surface area contributed by atoms with Crippen molar-refractivity contribution in [2.75, 3.05) is 0 Å². The Kier molecular flexibility index (Phi) is 20.6. The molecule has 0 saturated carbocycles. The molecule has 0 aromatic rings. The maximum absolute atomic E-state index is 9.60. The van der Waals surface area contributed by atoms with Gasteiger partial charge in [0.05, 0.1) is 0 Å². The summed E-state index contributed by atoms with van der Waals surface area (Å²) in [5.41, 5.74) is 0. The third kappa shape index (κ3) is 16.1. The number of aliphatic carboxylic acids is 1. The molecule has 0 aromatic carbocycles. The van der Waals surface area contributed by atoms with Crippen molar-refractivity contribution in [3.63, 3.8) is 0 Å². The Bertz CT molecular complexity index is 58.0. The van der Waals surface area contributed by atoms with Gasteiger partial charge in [0.15, 0.2) is 0 Å². The van der Waals surface area contributed by atoms with Crippen LogP contribution < -0.4 is 29.6 Å². The van der Waals surface area contributed by atoms with Gasteiger partial charge in [-0.3, -0.25) is 4.79 Å². The fraction of sp³-hybridized carbons (Fsp3) is 0.750. The zero-order valence-electron chi connectivity index (χ0n) is 5.35. The first-order valence-electron chi connectivity index (χ1n) is 1.99. The van der Waals surface area contributed by atoms with E-state index in [4.69, 9.17) is 5.11 Å². The molecule has 0 atom stereocenters. The van der Waals surface area contributed by atoms with Crippen LogP contribution in [-0.2, 0) is 4.79 Å². The molecule has 0 aliphatic heterocycles. The van der Waals surface area contributed by atoms with Crippen molar-refractivity contribution in [1.29, 1.82) is 0 Å². The summed E-state index contributed by atoms with van der Waals surface area (Å²) in [6.45, 7) is 1.84. The topological polar surface area (TPSA) is 70.8 Å². The molecule has 0 fully saturated rings. The minimum atomic E-state index is -0.711.